The lowest BCUT2D eigenvalue weighted by molar-refractivity contribution is 0.0522. The Kier molecular flexibility index (Phi) is 4.60. The summed E-state index contributed by atoms with van der Waals surface area (Å²) in [6, 6.07) is 10.2. The highest BCUT2D eigenvalue weighted by atomic mass is 16.6. The van der Waals surface area contributed by atoms with Crippen LogP contribution in [-0.2, 0) is 24.1 Å². The van der Waals surface area contributed by atoms with Gasteiger partial charge in [-0.05, 0) is 58.6 Å². The van der Waals surface area contributed by atoms with E-state index in [9.17, 15) is 4.79 Å². The standard InChI is InChI=1S/C19H25N3O2/c1-19(2,3)24-18(23)20-13-17-21-15-11-7-8-12-16(15)22(17)14-9-5-4-6-10-14/h4-6,9-10H,7-8,11-13H2,1-3H3,(H,20,23). The van der Waals surface area contributed by atoms with Crippen molar-refractivity contribution < 1.29 is 9.53 Å². The van der Waals surface area contributed by atoms with Crippen LogP contribution in [0.1, 0.15) is 50.8 Å². The number of hydrogen-bond acceptors (Lipinski definition) is 3. The van der Waals surface area contributed by atoms with Crippen molar-refractivity contribution in [2.24, 2.45) is 0 Å². The highest BCUT2D eigenvalue weighted by Gasteiger charge is 2.22. The summed E-state index contributed by atoms with van der Waals surface area (Å²) >= 11 is 0. The molecule has 1 heterocycles. The Morgan fingerprint density at radius 2 is 1.92 bits per heavy atom. The number of rotatable bonds is 3. The van der Waals surface area contributed by atoms with E-state index in [2.05, 4.69) is 22.0 Å². The number of benzene rings is 1. The number of alkyl carbamates (subject to hydrolysis) is 1. The number of carbonyl (C=O) groups excluding carboxylic acids is 1. The minimum atomic E-state index is -0.502. The number of nitrogens with zero attached hydrogens (tertiary/aromatic N) is 2. The van der Waals surface area contributed by atoms with Crippen LogP contribution < -0.4 is 5.32 Å². The Hall–Kier alpha value is -2.30. The van der Waals surface area contributed by atoms with Gasteiger partial charge in [0.05, 0.1) is 12.2 Å². The van der Waals surface area contributed by atoms with Crippen LogP contribution >= 0.6 is 0 Å². The van der Waals surface area contributed by atoms with E-state index < -0.39 is 11.7 Å². The van der Waals surface area contributed by atoms with Gasteiger partial charge < -0.3 is 10.1 Å². The molecule has 0 unspecified atom stereocenters. The second-order valence-corrected chi connectivity index (χ2v) is 7.15. The lowest BCUT2D eigenvalue weighted by atomic mass is 10.0. The summed E-state index contributed by atoms with van der Waals surface area (Å²) in [7, 11) is 0. The second kappa shape index (κ2) is 6.67. The fourth-order valence-electron chi connectivity index (χ4n) is 3.06. The maximum Gasteiger partial charge on any atom is 0.408 e. The predicted octanol–water partition coefficient (Wildman–Crippen LogP) is 3.78. The normalized spacial score (nSPS) is 14.1. The average molecular weight is 327 g/mol. The zero-order valence-corrected chi connectivity index (χ0v) is 14.6. The first-order chi connectivity index (χ1) is 11.4. The minimum absolute atomic E-state index is 0.358. The predicted molar refractivity (Wildman–Crippen MR) is 93.3 cm³/mol. The summed E-state index contributed by atoms with van der Waals surface area (Å²) in [6.07, 6.45) is 3.99. The van der Waals surface area contributed by atoms with Crippen molar-refractivity contribution in [3.05, 3.63) is 47.5 Å². The van der Waals surface area contributed by atoms with Crippen LogP contribution in [0.15, 0.2) is 30.3 Å². The highest BCUT2D eigenvalue weighted by Crippen LogP contribution is 2.25. The van der Waals surface area contributed by atoms with E-state index in [0.29, 0.717) is 6.54 Å². The van der Waals surface area contributed by atoms with Gasteiger partial charge in [0.25, 0.3) is 0 Å². The van der Waals surface area contributed by atoms with Crippen molar-refractivity contribution in [1.82, 2.24) is 14.9 Å². The smallest absolute Gasteiger partial charge is 0.408 e. The quantitative estimate of drug-likeness (QED) is 0.933. The first-order valence-corrected chi connectivity index (χ1v) is 8.56. The third kappa shape index (κ3) is 3.78. The van der Waals surface area contributed by atoms with Crippen molar-refractivity contribution in [2.75, 3.05) is 0 Å². The van der Waals surface area contributed by atoms with E-state index in [-0.39, 0.29) is 0 Å². The van der Waals surface area contributed by atoms with E-state index >= 15 is 0 Å². The van der Waals surface area contributed by atoms with Crippen LogP contribution in [-0.4, -0.2) is 21.2 Å². The van der Waals surface area contributed by atoms with Gasteiger partial charge in [-0.2, -0.15) is 0 Å². The highest BCUT2D eigenvalue weighted by molar-refractivity contribution is 5.67. The molecule has 0 fully saturated rings. The van der Waals surface area contributed by atoms with E-state index in [1.54, 1.807) is 0 Å². The van der Waals surface area contributed by atoms with Crippen molar-refractivity contribution >= 4 is 6.09 Å². The third-order valence-corrected chi connectivity index (χ3v) is 4.01. The topological polar surface area (TPSA) is 56.1 Å². The van der Waals surface area contributed by atoms with Gasteiger partial charge in [0, 0.05) is 11.4 Å². The molecular formula is C19H25N3O2. The molecule has 5 heteroatoms. The number of ether oxygens (including phenoxy) is 1. The number of amides is 1. The van der Waals surface area contributed by atoms with Crippen LogP contribution in [0.3, 0.4) is 0 Å². The van der Waals surface area contributed by atoms with Gasteiger partial charge in [-0.15, -0.1) is 0 Å². The van der Waals surface area contributed by atoms with Crippen molar-refractivity contribution in [3.63, 3.8) is 0 Å². The van der Waals surface area contributed by atoms with E-state index in [4.69, 9.17) is 9.72 Å². The van der Waals surface area contributed by atoms with Crippen LogP contribution in [0, 0.1) is 0 Å². The number of aryl methyl sites for hydroxylation is 1. The number of hydrogen-bond donors (Lipinski definition) is 1. The van der Waals surface area contributed by atoms with E-state index in [0.717, 1.165) is 30.0 Å². The summed E-state index contributed by atoms with van der Waals surface area (Å²) in [5, 5.41) is 2.83. The molecule has 0 spiro atoms. The van der Waals surface area contributed by atoms with Gasteiger partial charge in [0.15, 0.2) is 0 Å². The first-order valence-electron chi connectivity index (χ1n) is 8.56. The number of aromatic nitrogens is 2. The fourth-order valence-corrected chi connectivity index (χ4v) is 3.06. The number of fused-ring (bicyclic) bond motifs is 1. The molecule has 128 valence electrons. The Bertz CT molecular complexity index is 714. The Labute approximate surface area is 143 Å². The van der Waals surface area contributed by atoms with Crippen LogP contribution in [0.25, 0.3) is 5.69 Å². The van der Waals surface area contributed by atoms with Crippen molar-refractivity contribution in [2.45, 2.75) is 58.6 Å². The van der Waals surface area contributed by atoms with E-state index in [1.165, 1.54) is 18.5 Å². The largest absolute Gasteiger partial charge is 0.444 e. The molecule has 0 saturated carbocycles. The van der Waals surface area contributed by atoms with Crippen molar-refractivity contribution in [1.29, 1.82) is 0 Å². The molecule has 1 aromatic carbocycles. The van der Waals surface area contributed by atoms with Gasteiger partial charge in [0.2, 0.25) is 0 Å². The summed E-state index contributed by atoms with van der Waals surface area (Å²) in [5.74, 6) is 0.860. The van der Waals surface area contributed by atoms with Gasteiger partial charge in [-0.25, -0.2) is 9.78 Å². The molecule has 0 atom stereocenters. The lowest BCUT2D eigenvalue weighted by Gasteiger charge is -2.20. The molecule has 1 amide bonds. The molecule has 5 nitrogen and oxygen atoms in total. The molecule has 1 aliphatic carbocycles. The Morgan fingerprint density at radius 3 is 2.62 bits per heavy atom. The van der Waals surface area contributed by atoms with Crippen molar-refractivity contribution in [3.8, 4) is 5.69 Å². The number of imidazole rings is 1. The maximum absolute atomic E-state index is 12.0. The third-order valence-electron chi connectivity index (χ3n) is 4.01. The zero-order chi connectivity index (χ0) is 17.2. The average Bonchev–Trinajstić information content (AvgIpc) is 2.90. The van der Waals surface area contributed by atoms with Gasteiger partial charge >= 0.3 is 6.09 Å². The zero-order valence-electron chi connectivity index (χ0n) is 14.6. The summed E-state index contributed by atoms with van der Waals surface area (Å²) in [6.45, 7) is 5.93. The molecule has 0 saturated heterocycles. The lowest BCUT2D eigenvalue weighted by Crippen LogP contribution is -2.32. The SMILES string of the molecule is CC(C)(C)OC(=O)NCc1nc2c(n1-c1ccccc1)CCCC2. The maximum atomic E-state index is 12.0. The molecule has 2 aromatic rings. The summed E-state index contributed by atoms with van der Waals surface area (Å²) in [4.78, 5) is 16.7. The molecule has 3 rings (SSSR count). The first kappa shape index (κ1) is 16.6. The molecule has 1 N–H and O–H groups in total. The van der Waals surface area contributed by atoms with Crippen LogP contribution in [0.5, 0.6) is 0 Å². The van der Waals surface area contributed by atoms with E-state index in [1.807, 2.05) is 39.0 Å². The Morgan fingerprint density at radius 1 is 1.21 bits per heavy atom. The fraction of sp³-hybridized carbons (Fsp3) is 0.474. The van der Waals surface area contributed by atoms with Crippen LogP contribution in [0.4, 0.5) is 4.79 Å². The molecule has 24 heavy (non-hydrogen) atoms. The number of nitrogens with one attached hydrogen (secondary N) is 1. The molecule has 1 aliphatic rings. The summed E-state index contributed by atoms with van der Waals surface area (Å²) < 4.78 is 7.51. The second-order valence-electron chi connectivity index (χ2n) is 7.15. The molecule has 0 bridgehead atoms. The molecule has 1 aromatic heterocycles. The van der Waals surface area contributed by atoms with Gasteiger partial charge in [-0.3, -0.25) is 4.57 Å². The molecule has 0 radical (unpaired) electrons. The summed E-state index contributed by atoms with van der Waals surface area (Å²) in [5.41, 5.74) is 3.02. The van der Waals surface area contributed by atoms with Crippen LogP contribution in [0.2, 0.25) is 0 Å². The monoisotopic (exact) mass is 327 g/mol. The molecular weight excluding hydrogens is 302 g/mol. The Balaban J connectivity index is 1.85. The van der Waals surface area contributed by atoms with Gasteiger partial charge in [-0.1, -0.05) is 18.2 Å². The molecule has 0 aliphatic heterocycles. The number of carbonyl (C=O) groups is 1. The number of para-hydroxylation sites is 1. The minimum Gasteiger partial charge on any atom is -0.444 e. The van der Waals surface area contributed by atoms with Gasteiger partial charge in [0.1, 0.15) is 11.4 Å².